The molecular weight excluding hydrogens is 435 g/mol. The summed E-state index contributed by atoms with van der Waals surface area (Å²) in [6.45, 7) is 3.65. The number of nitrogens with zero attached hydrogens (tertiary/aromatic N) is 3. The molecule has 3 rings (SSSR count). The Labute approximate surface area is 182 Å². The minimum atomic E-state index is -0.907. The van der Waals surface area contributed by atoms with Crippen LogP contribution in [0.1, 0.15) is 19.4 Å². The van der Waals surface area contributed by atoms with E-state index in [2.05, 4.69) is 10.4 Å². The highest BCUT2D eigenvalue weighted by Gasteiger charge is 2.50. The summed E-state index contributed by atoms with van der Waals surface area (Å²) in [5.41, 5.74) is 0.727. The van der Waals surface area contributed by atoms with Gasteiger partial charge in [-0.25, -0.2) is 14.2 Å². The van der Waals surface area contributed by atoms with E-state index >= 15 is 0 Å². The van der Waals surface area contributed by atoms with Crippen molar-refractivity contribution in [1.29, 1.82) is 0 Å². The van der Waals surface area contributed by atoms with Crippen LogP contribution in [0.25, 0.3) is 0 Å². The summed E-state index contributed by atoms with van der Waals surface area (Å²) in [5, 5.41) is 19.9. The van der Waals surface area contributed by atoms with E-state index in [4.69, 9.17) is 23.8 Å². The molecule has 1 aliphatic heterocycles. The number of hydrogen-bond acceptors (Lipinski definition) is 5. The summed E-state index contributed by atoms with van der Waals surface area (Å²) >= 11 is 12.5. The first kappa shape index (κ1) is 21.5. The molecule has 0 spiro atoms. The van der Waals surface area contributed by atoms with Crippen LogP contribution in [-0.2, 0) is 0 Å². The normalized spacial score (nSPS) is 18.3. The van der Waals surface area contributed by atoms with Gasteiger partial charge in [0.2, 0.25) is 0 Å². The maximum absolute atomic E-state index is 13.9. The number of anilines is 1. The second-order valence-electron chi connectivity index (χ2n) is 6.74. The molecule has 152 valence electrons. The Balaban J connectivity index is 1.83. The Morgan fingerprint density at radius 2 is 2.00 bits per heavy atom. The van der Waals surface area contributed by atoms with E-state index < -0.39 is 22.8 Å². The third kappa shape index (κ3) is 4.87. The van der Waals surface area contributed by atoms with Gasteiger partial charge in [-0.2, -0.15) is 10.2 Å². The van der Waals surface area contributed by atoms with Gasteiger partial charge in [0.15, 0.2) is 10.5 Å². The fourth-order valence-corrected chi connectivity index (χ4v) is 4.67. The first-order valence-corrected chi connectivity index (χ1v) is 10.1. The number of hydrogen-bond donors (Lipinski definition) is 2. The molecule has 2 aromatic rings. The number of benzene rings is 2. The Kier molecular flexibility index (Phi) is 6.42. The topological polar surface area (TPSA) is 68.2 Å². The SMILES string of the molecule is CC1(C)SC(=S)N(N=Cc2ccccc2F)C1N(O)C(=O)Nc1ccc(Cl)cc1. The molecule has 1 unspecified atom stereocenters. The fourth-order valence-electron chi connectivity index (χ4n) is 2.76. The molecule has 0 aromatic heterocycles. The van der Waals surface area contributed by atoms with E-state index in [9.17, 15) is 14.4 Å². The van der Waals surface area contributed by atoms with Crippen LogP contribution in [-0.4, -0.2) is 42.8 Å². The Morgan fingerprint density at radius 1 is 1.34 bits per heavy atom. The number of rotatable bonds is 4. The molecule has 10 heteroatoms. The van der Waals surface area contributed by atoms with Crippen LogP contribution in [0.3, 0.4) is 0 Å². The van der Waals surface area contributed by atoms with Gasteiger partial charge in [-0.1, -0.05) is 53.8 Å². The smallest absolute Gasteiger partial charge is 0.306 e. The minimum Gasteiger partial charge on any atom is -0.306 e. The molecule has 1 heterocycles. The average molecular weight is 453 g/mol. The fraction of sp³-hybridized carbons (Fsp3) is 0.211. The Hall–Kier alpha value is -2.20. The van der Waals surface area contributed by atoms with Crippen molar-refractivity contribution in [2.24, 2.45) is 5.10 Å². The van der Waals surface area contributed by atoms with Gasteiger partial charge in [0.05, 0.1) is 11.0 Å². The van der Waals surface area contributed by atoms with Gasteiger partial charge < -0.3 is 5.32 Å². The van der Waals surface area contributed by atoms with Gasteiger partial charge in [-0.15, -0.1) is 0 Å². The molecule has 2 N–H and O–H groups in total. The standard InChI is InChI=1S/C19H18ClFN4O2S2/c1-19(2)16(25(27)17(26)23-14-9-7-13(20)8-10-14)24(18(28)29-19)22-11-12-5-3-4-6-15(12)21/h3-11,16,27H,1-2H3,(H,23,26). The third-order valence-electron chi connectivity index (χ3n) is 4.15. The van der Waals surface area contributed by atoms with Crippen molar-refractivity contribution in [2.75, 3.05) is 5.32 Å². The largest absolute Gasteiger partial charge is 0.347 e. The predicted octanol–water partition coefficient (Wildman–Crippen LogP) is 5.17. The summed E-state index contributed by atoms with van der Waals surface area (Å²) in [6, 6.07) is 11.8. The van der Waals surface area contributed by atoms with E-state index in [1.54, 1.807) is 42.5 Å². The molecule has 1 atom stereocenters. The molecule has 0 aliphatic carbocycles. The first-order chi connectivity index (χ1) is 13.7. The lowest BCUT2D eigenvalue weighted by molar-refractivity contribution is -0.114. The minimum absolute atomic E-state index is 0.263. The summed E-state index contributed by atoms with van der Waals surface area (Å²) in [7, 11) is 0. The molecule has 1 aliphatic rings. The molecule has 0 radical (unpaired) electrons. The van der Waals surface area contributed by atoms with Crippen molar-refractivity contribution in [3.8, 4) is 0 Å². The lowest BCUT2D eigenvalue weighted by Gasteiger charge is -2.34. The highest BCUT2D eigenvalue weighted by Crippen LogP contribution is 2.42. The Bertz CT molecular complexity index is 955. The lowest BCUT2D eigenvalue weighted by atomic mass is 10.1. The molecule has 2 amide bonds. The van der Waals surface area contributed by atoms with Crippen molar-refractivity contribution >= 4 is 57.8 Å². The summed E-state index contributed by atoms with van der Waals surface area (Å²) < 4.78 is 13.6. The van der Waals surface area contributed by atoms with Crippen molar-refractivity contribution in [2.45, 2.75) is 24.8 Å². The zero-order valence-electron chi connectivity index (χ0n) is 15.5. The molecule has 1 saturated heterocycles. The molecule has 0 saturated carbocycles. The average Bonchev–Trinajstić information content (AvgIpc) is 2.90. The van der Waals surface area contributed by atoms with Gasteiger partial charge in [0.1, 0.15) is 5.82 Å². The van der Waals surface area contributed by atoms with Gasteiger partial charge in [-0.05, 0) is 44.2 Å². The van der Waals surface area contributed by atoms with Crippen LogP contribution in [0.4, 0.5) is 14.9 Å². The van der Waals surface area contributed by atoms with Crippen LogP contribution in [0.5, 0.6) is 0 Å². The van der Waals surface area contributed by atoms with Crippen LogP contribution < -0.4 is 5.32 Å². The van der Waals surface area contributed by atoms with E-state index in [1.165, 1.54) is 29.1 Å². The molecule has 2 aromatic carbocycles. The summed E-state index contributed by atoms with van der Waals surface area (Å²) in [6.07, 6.45) is 0.400. The second-order valence-corrected chi connectivity index (χ2v) is 9.46. The molecule has 29 heavy (non-hydrogen) atoms. The second kappa shape index (κ2) is 8.66. The molecule has 6 nitrogen and oxygen atoms in total. The lowest BCUT2D eigenvalue weighted by Crippen LogP contribution is -2.54. The maximum Gasteiger partial charge on any atom is 0.347 e. The van der Waals surface area contributed by atoms with Crippen LogP contribution >= 0.6 is 35.6 Å². The van der Waals surface area contributed by atoms with E-state index in [1.807, 2.05) is 13.8 Å². The number of nitrogens with one attached hydrogen (secondary N) is 1. The van der Waals surface area contributed by atoms with E-state index in [-0.39, 0.29) is 5.56 Å². The van der Waals surface area contributed by atoms with Crippen LogP contribution in [0.15, 0.2) is 53.6 Å². The highest BCUT2D eigenvalue weighted by atomic mass is 35.5. The number of thiocarbonyl (C=S) groups is 1. The summed E-state index contributed by atoms with van der Waals surface area (Å²) in [5.74, 6) is -0.439. The van der Waals surface area contributed by atoms with Crippen molar-refractivity contribution in [3.05, 3.63) is 64.9 Å². The number of urea groups is 1. The van der Waals surface area contributed by atoms with Gasteiger partial charge in [-0.3, -0.25) is 5.21 Å². The number of halogens is 2. The van der Waals surface area contributed by atoms with Crippen LogP contribution in [0, 0.1) is 5.82 Å². The Morgan fingerprint density at radius 3 is 2.66 bits per heavy atom. The van der Waals surface area contributed by atoms with Crippen molar-refractivity contribution in [1.82, 2.24) is 10.1 Å². The first-order valence-electron chi connectivity index (χ1n) is 8.54. The number of amides is 2. The molecule has 0 bridgehead atoms. The zero-order chi connectivity index (χ0) is 21.2. The van der Waals surface area contributed by atoms with Crippen molar-refractivity contribution < 1.29 is 14.4 Å². The van der Waals surface area contributed by atoms with E-state index in [0.717, 1.165) is 0 Å². The van der Waals surface area contributed by atoms with Gasteiger partial charge >= 0.3 is 6.03 Å². The monoisotopic (exact) mass is 452 g/mol. The quantitative estimate of drug-likeness (QED) is 0.290. The van der Waals surface area contributed by atoms with Crippen LogP contribution in [0.2, 0.25) is 5.02 Å². The number of hydroxylamine groups is 2. The van der Waals surface area contributed by atoms with Gasteiger partial charge in [0.25, 0.3) is 0 Å². The van der Waals surface area contributed by atoms with E-state index in [0.29, 0.717) is 20.1 Å². The summed E-state index contributed by atoms with van der Waals surface area (Å²) in [4.78, 5) is 12.6. The van der Waals surface area contributed by atoms with Gasteiger partial charge in [0, 0.05) is 16.3 Å². The number of thioether (sulfide) groups is 1. The molecular formula is C19H18ClFN4O2S2. The number of carbonyl (C=O) groups is 1. The number of hydrazone groups is 1. The zero-order valence-corrected chi connectivity index (χ0v) is 17.9. The highest BCUT2D eigenvalue weighted by molar-refractivity contribution is 8.24. The number of carbonyl (C=O) groups excluding carboxylic acids is 1. The molecule has 1 fully saturated rings. The van der Waals surface area contributed by atoms with Crippen molar-refractivity contribution in [3.63, 3.8) is 0 Å². The maximum atomic E-state index is 13.9. The third-order valence-corrected chi connectivity index (χ3v) is 5.94. The predicted molar refractivity (Wildman–Crippen MR) is 118 cm³/mol.